The number of nitrogens with two attached hydrogens (primary N) is 2. The number of para-hydroxylation sites is 2. The van der Waals surface area contributed by atoms with Crippen molar-refractivity contribution in [2.24, 2.45) is 0 Å². The molecule has 0 fully saturated rings. The SMILES string of the molecule is C[C@@H](Sc1nc(N)nc(N)n1)C(=O)N1c2ccccc2NC(=O)C1(C)C. The Hall–Kier alpha value is -2.88. The normalized spacial score (nSPS) is 16.6. The number of nitrogens with zero attached hydrogens (tertiary/aromatic N) is 4. The van der Waals surface area contributed by atoms with E-state index in [-0.39, 0.29) is 28.9 Å². The van der Waals surface area contributed by atoms with Crippen LogP contribution in [0, 0.1) is 0 Å². The van der Waals surface area contributed by atoms with E-state index in [2.05, 4.69) is 20.3 Å². The van der Waals surface area contributed by atoms with Gasteiger partial charge in [0.15, 0.2) is 5.16 Å². The molecule has 0 aliphatic carbocycles. The number of amides is 2. The van der Waals surface area contributed by atoms with Crippen molar-refractivity contribution in [3.63, 3.8) is 0 Å². The van der Waals surface area contributed by atoms with Crippen LogP contribution < -0.4 is 21.7 Å². The smallest absolute Gasteiger partial charge is 0.250 e. The molecule has 26 heavy (non-hydrogen) atoms. The number of nitrogen functional groups attached to an aromatic ring is 2. The molecule has 1 aliphatic rings. The fourth-order valence-electron chi connectivity index (χ4n) is 2.68. The molecule has 1 aromatic carbocycles. The Morgan fingerprint density at radius 1 is 1.19 bits per heavy atom. The number of rotatable bonds is 3. The molecule has 0 unspecified atom stereocenters. The second-order valence-corrected chi connectivity index (χ2v) is 7.61. The molecule has 0 bridgehead atoms. The number of aromatic nitrogens is 3. The van der Waals surface area contributed by atoms with E-state index in [9.17, 15) is 9.59 Å². The molecule has 1 aromatic heterocycles. The van der Waals surface area contributed by atoms with Crippen LogP contribution in [0.15, 0.2) is 29.4 Å². The van der Waals surface area contributed by atoms with Gasteiger partial charge in [-0.1, -0.05) is 23.9 Å². The van der Waals surface area contributed by atoms with Crippen LogP contribution in [0.25, 0.3) is 0 Å². The Morgan fingerprint density at radius 3 is 2.46 bits per heavy atom. The standard InChI is InChI=1S/C16H19N7O2S/c1-8(26-15-21-13(17)20-14(18)22-15)11(24)23-10-7-5-4-6-9(10)19-12(25)16(23,2)3/h4-8H,1-3H3,(H,19,25)(H4,17,18,20,21,22)/t8-/m1/s1. The van der Waals surface area contributed by atoms with Gasteiger partial charge in [-0.3, -0.25) is 14.5 Å². The molecule has 2 heterocycles. The predicted molar refractivity (Wildman–Crippen MR) is 101 cm³/mol. The second-order valence-electron chi connectivity index (χ2n) is 6.30. The lowest BCUT2D eigenvalue weighted by Crippen LogP contribution is -2.60. The van der Waals surface area contributed by atoms with Gasteiger partial charge in [0.25, 0.3) is 0 Å². The summed E-state index contributed by atoms with van der Waals surface area (Å²) in [5.74, 6) is -0.527. The lowest BCUT2D eigenvalue weighted by Gasteiger charge is -2.42. The number of carbonyl (C=O) groups excluding carboxylic acids is 2. The number of benzene rings is 1. The molecule has 136 valence electrons. The fraction of sp³-hybridized carbons (Fsp3) is 0.312. The number of thioether (sulfide) groups is 1. The van der Waals surface area contributed by atoms with Crippen molar-refractivity contribution in [2.45, 2.75) is 36.7 Å². The highest BCUT2D eigenvalue weighted by Gasteiger charge is 2.44. The third-order valence-electron chi connectivity index (χ3n) is 4.01. The molecular weight excluding hydrogens is 354 g/mol. The number of hydrogen-bond acceptors (Lipinski definition) is 8. The highest BCUT2D eigenvalue weighted by molar-refractivity contribution is 8.00. The third kappa shape index (κ3) is 3.15. The largest absolute Gasteiger partial charge is 0.368 e. The van der Waals surface area contributed by atoms with Gasteiger partial charge in [-0.2, -0.15) is 15.0 Å². The van der Waals surface area contributed by atoms with Crippen LogP contribution in [-0.4, -0.2) is 37.6 Å². The second kappa shape index (κ2) is 6.45. The van der Waals surface area contributed by atoms with Crippen LogP contribution in [0.2, 0.25) is 0 Å². The van der Waals surface area contributed by atoms with Gasteiger partial charge in [0, 0.05) is 0 Å². The van der Waals surface area contributed by atoms with Crippen molar-refractivity contribution in [2.75, 3.05) is 21.7 Å². The summed E-state index contributed by atoms with van der Waals surface area (Å²) >= 11 is 1.11. The minimum Gasteiger partial charge on any atom is -0.368 e. The lowest BCUT2D eigenvalue weighted by atomic mass is 9.96. The first-order valence-corrected chi connectivity index (χ1v) is 8.76. The zero-order chi connectivity index (χ0) is 19.1. The Kier molecular flexibility index (Phi) is 4.45. The Balaban J connectivity index is 1.93. The van der Waals surface area contributed by atoms with E-state index >= 15 is 0 Å². The zero-order valence-corrected chi connectivity index (χ0v) is 15.4. The van der Waals surface area contributed by atoms with E-state index in [0.29, 0.717) is 11.4 Å². The average molecular weight is 373 g/mol. The van der Waals surface area contributed by atoms with Crippen molar-refractivity contribution in [3.8, 4) is 0 Å². The number of carbonyl (C=O) groups is 2. The summed E-state index contributed by atoms with van der Waals surface area (Å²) in [6.45, 7) is 5.12. The minimum absolute atomic E-state index is 0.0114. The van der Waals surface area contributed by atoms with Gasteiger partial charge in [0.1, 0.15) is 5.54 Å². The highest BCUT2D eigenvalue weighted by Crippen LogP contribution is 2.38. The molecule has 2 amide bonds. The fourth-order valence-corrected chi connectivity index (χ4v) is 3.49. The van der Waals surface area contributed by atoms with E-state index < -0.39 is 10.8 Å². The molecule has 10 heteroatoms. The van der Waals surface area contributed by atoms with Crippen LogP contribution in [0.3, 0.4) is 0 Å². The van der Waals surface area contributed by atoms with Gasteiger partial charge >= 0.3 is 0 Å². The van der Waals surface area contributed by atoms with Gasteiger partial charge in [-0.05, 0) is 32.9 Å². The van der Waals surface area contributed by atoms with Crippen molar-refractivity contribution in [3.05, 3.63) is 24.3 Å². The third-order valence-corrected chi connectivity index (χ3v) is 4.96. The Labute approximate surface area is 154 Å². The minimum atomic E-state index is -1.04. The molecule has 5 N–H and O–H groups in total. The maximum atomic E-state index is 13.2. The number of hydrogen-bond donors (Lipinski definition) is 3. The maximum absolute atomic E-state index is 13.2. The lowest BCUT2D eigenvalue weighted by molar-refractivity contribution is -0.126. The monoisotopic (exact) mass is 373 g/mol. The summed E-state index contributed by atoms with van der Waals surface area (Å²) in [5, 5.41) is 2.51. The summed E-state index contributed by atoms with van der Waals surface area (Å²) in [4.78, 5) is 38.9. The average Bonchev–Trinajstić information content (AvgIpc) is 2.54. The van der Waals surface area contributed by atoms with E-state index in [1.54, 1.807) is 39.0 Å². The Morgan fingerprint density at radius 2 is 1.81 bits per heavy atom. The molecule has 0 saturated heterocycles. The predicted octanol–water partition coefficient (Wildman–Crippen LogP) is 1.28. The maximum Gasteiger partial charge on any atom is 0.250 e. The van der Waals surface area contributed by atoms with Crippen molar-refractivity contribution >= 4 is 46.8 Å². The number of anilines is 4. The van der Waals surface area contributed by atoms with Crippen molar-refractivity contribution in [1.29, 1.82) is 0 Å². The van der Waals surface area contributed by atoms with Crippen molar-refractivity contribution < 1.29 is 9.59 Å². The molecule has 1 aliphatic heterocycles. The van der Waals surface area contributed by atoms with Crippen LogP contribution in [-0.2, 0) is 9.59 Å². The van der Waals surface area contributed by atoms with E-state index in [0.717, 1.165) is 11.8 Å². The zero-order valence-electron chi connectivity index (χ0n) is 14.6. The summed E-state index contributed by atoms with van der Waals surface area (Å²) in [7, 11) is 0. The topological polar surface area (TPSA) is 140 Å². The molecule has 9 nitrogen and oxygen atoms in total. The first-order chi connectivity index (χ1) is 12.2. The summed E-state index contributed by atoms with van der Waals surface area (Å²) in [6.07, 6.45) is 0. The van der Waals surface area contributed by atoms with E-state index in [4.69, 9.17) is 11.5 Å². The molecule has 0 spiro atoms. The molecule has 2 aromatic rings. The van der Waals surface area contributed by atoms with Crippen LogP contribution >= 0.6 is 11.8 Å². The molecule has 0 saturated carbocycles. The first-order valence-electron chi connectivity index (χ1n) is 7.88. The summed E-state index contributed by atoms with van der Waals surface area (Å²) in [5.41, 5.74) is 11.3. The molecule has 3 rings (SSSR count). The summed E-state index contributed by atoms with van der Waals surface area (Å²) in [6, 6.07) is 7.17. The van der Waals surface area contributed by atoms with Gasteiger partial charge in [-0.25, -0.2) is 0 Å². The van der Waals surface area contributed by atoms with Crippen LogP contribution in [0.1, 0.15) is 20.8 Å². The van der Waals surface area contributed by atoms with Crippen molar-refractivity contribution in [1.82, 2.24) is 15.0 Å². The highest BCUT2D eigenvalue weighted by atomic mass is 32.2. The van der Waals surface area contributed by atoms with Crippen LogP contribution in [0.5, 0.6) is 0 Å². The van der Waals surface area contributed by atoms with Crippen LogP contribution in [0.4, 0.5) is 23.3 Å². The van der Waals surface area contributed by atoms with Gasteiger partial charge in [0.2, 0.25) is 23.7 Å². The van der Waals surface area contributed by atoms with Gasteiger partial charge in [0.05, 0.1) is 16.6 Å². The van der Waals surface area contributed by atoms with E-state index in [1.807, 2.05) is 6.07 Å². The van der Waals surface area contributed by atoms with E-state index in [1.165, 1.54) is 4.90 Å². The molecule has 1 atom stereocenters. The summed E-state index contributed by atoms with van der Waals surface area (Å²) < 4.78 is 0. The molecular formula is C16H19N7O2S. The Bertz CT molecular complexity index is 866. The van der Waals surface area contributed by atoms with Gasteiger partial charge < -0.3 is 16.8 Å². The number of nitrogens with one attached hydrogen (secondary N) is 1. The first kappa shape index (κ1) is 17.9. The van der Waals surface area contributed by atoms with Gasteiger partial charge in [-0.15, -0.1) is 0 Å². The molecule has 0 radical (unpaired) electrons. The quantitative estimate of drug-likeness (QED) is 0.684. The number of fused-ring (bicyclic) bond motifs is 1.